The highest BCUT2D eigenvalue weighted by atomic mass is 16.4. The second-order valence-corrected chi connectivity index (χ2v) is 2.41. The Bertz CT molecular complexity index is 260. The SMILES string of the molecule is Oc1cccc2c1COB2. The van der Waals surface area contributed by atoms with E-state index in [0.717, 1.165) is 11.0 Å². The zero-order valence-electron chi connectivity index (χ0n) is 5.50. The molecule has 1 aliphatic heterocycles. The van der Waals surface area contributed by atoms with Crippen LogP contribution in [0.2, 0.25) is 0 Å². The summed E-state index contributed by atoms with van der Waals surface area (Å²) in [5.41, 5.74) is 2.06. The molecular formula is C7H7BO2. The second kappa shape index (κ2) is 2.02. The number of phenols is 1. The van der Waals surface area contributed by atoms with Gasteiger partial charge in [0.15, 0.2) is 0 Å². The number of rotatable bonds is 0. The van der Waals surface area contributed by atoms with Crippen molar-refractivity contribution in [1.29, 1.82) is 0 Å². The summed E-state index contributed by atoms with van der Waals surface area (Å²) in [7, 11) is 0.643. The van der Waals surface area contributed by atoms with Crippen LogP contribution in [0.4, 0.5) is 0 Å². The molecule has 2 nitrogen and oxygen atoms in total. The van der Waals surface area contributed by atoms with Crippen molar-refractivity contribution < 1.29 is 9.76 Å². The van der Waals surface area contributed by atoms with Gasteiger partial charge in [0, 0.05) is 5.56 Å². The maximum atomic E-state index is 9.25. The van der Waals surface area contributed by atoms with Crippen LogP contribution in [0.5, 0.6) is 5.75 Å². The van der Waals surface area contributed by atoms with Crippen molar-refractivity contribution in [2.45, 2.75) is 6.61 Å². The Morgan fingerprint density at radius 3 is 3.20 bits per heavy atom. The number of benzene rings is 1. The third kappa shape index (κ3) is 0.710. The summed E-state index contributed by atoms with van der Waals surface area (Å²) in [4.78, 5) is 0. The highest BCUT2D eigenvalue weighted by Gasteiger charge is 2.14. The van der Waals surface area contributed by atoms with Crippen LogP contribution in [-0.2, 0) is 11.3 Å². The van der Waals surface area contributed by atoms with Crippen molar-refractivity contribution in [3.8, 4) is 5.75 Å². The Labute approximate surface area is 59.7 Å². The molecule has 0 radical (unpaired) electrons. The molecule has 10 heavy (non-hydrogen) atoms. The van der Waals surface area contributed by atoms with Gasteiger partial charge in [0.2, 0.25) is 0 Å². The summed E-state index contributed by atoms with van der Waals surface area (Å²) >= 11 is 0. The zero-order chi connectivity index (χ0) is 6.97. The Hall–Kier alpha value is -0.955. The van der Waals surface area contributed by atoms with Gasteiger partial charge in [-0.15, -0.1) is 0 Å². The lowest BCUT2D eigenvalue weighted by atomic mass is 9.87. The van der Waals surface area contributed by atoms with E-state index in [1.54, 1.807) is 6.07 Å². The lowest BCUT2D eigenvalue weighted by Crippen LogP contribution is -2.10. The van der Waals surface area contributed by atoms with Gasteiger partial charge in [-0.3, -0.25) is 0 Å². The highest BCUT2D eigenvalue weighted by molar-refractivity contribution is 6.49. The van der Waals surface area contributed by atoms with Gasteiger partial charge in [0.25, 0.3) is 0 Å². The topological polar surface area (TPSA) is 29.5 Å². The van der Waals surface area contributed by atoms with E-state index in [9.17, 15) is 5.11 Å². The molecule has 50 valence electrons. The summed E-state index contributed by atoms with van der Waals surface area (Å²) in [6.07, 6.45) is 0. The highest BCUT2D eigenvalue weighted by Crippen LogP contribution is 2.17. The molecule has 0 bridgehead atoms. The molecule has 1 aromatic rings. The zero-order valence-corrected chi connectivity index (χ0v) is 5.50. The summed E-state index contributed by atoms with van der Waals surface area (Å²) in [6.45, 7) is 0.558. The molecule has 2 rings (SSSR count). The summed E-state index contributed by atoms with van der Waals surface area (Å²) in [5.74, 6) is 0.356. The van der Waals surface area contributed by atoms with Gasteiger partial charge < -0.3 is 9.76 Å². The van der Waals surface area contributed by atoms with Gasteiger partial charge >= 0.3 is 7.48 Å². The Morgan fingerprint density at radius 1 is 1.50 bits per heavy atom. The van der Waals surface area contributed by atoms with Crippen LogP contribution in [-0.4, -0.2) is 12.6 Å². The summed E-state index contributed by atoms with van der Waals surface area (Å²) in [6, 6.07) is 5.50. The third-order valence-electron chi connectivity index (χ3n) is 1.75. The Balaban J connectivity index is 2.59. The van der Waals surface area contributed by atoms with E-state index in [2.05, 4.69) is 0 Å². The minimum absolute atomic E-state index is 0.356. The average Bonchev–Trinajstić information content (AvgIpc) is 2.36. The second-order valence-electron chi connectivity index (χ2n) is 2.41. The largest absolute Gasteiger partial charge is 0.508 e. The van der Waals surface area contributed by atoms with Crippen LogP contribution in [0.3, 0.4) is 0 Å². The van der Waals surface area contributed by atoms with Gasteiger partial charge in [0.05, 0.1) is 6.61 Å². The molecule has 1 aliphatic rings. The fourth-order valence-electron chi connectivity index (χ4n) is 1.19. The lowest BCUT2D eigenvalue weighted by molar-refractivity contribution is 0.337. The summed E-state index contributed by atoms with van der Waals surface area (Å²) < 4.78 is 5.14. The van der Waals surface area contributed by atoms with E-state index >= 15 is 0 Å². The minimum atomic E-state index is 0.356. The van der Waals surface area contributed by atoms with Crippen molar-refractivity contribution in [3.05, 3.63) is 23.8 Å². The first-order valence-electron chi connectivity index (χ1n) is 3.25. The third-order valence-corrected chi connectivity index (χ3v) is 1.75. The molecule has 0 atom stereocenters. The first kappa shape index (κ1) is 5.80. The van der Waals surface area contributed by atoms with Crippen LogP contribution in [0.1, 0.15) is 5.56 Å². The van der Waals surface area contributed by atoms with E-state index in [0.29, 0.717) is 19.8 Å². The quantitative estimate of drug-likeness (QED) is 0.502. The Kier molecular flexibility index (Phi) is 1.17. The maximum absolute atomic E-state index is 9.25. The molecule has 3 heteroatoms. The molecule has 0 aromatic heterocycles. The molecule has 1 heterocycles. The molecule has 1 N–H and O–H groups in total. The Morgan fingerprint density at radius 2 is 2.40 bits per heavy atom. The van der Waals surface area contributed by atoms with Gasteiger partial charge in [-0.05, 0) is 11.5 Å². The minimum Gasteiger partial charge on any atom is -0.508 e. The first-order valence-corrected chi connectivity index (χ1v) is 3.25. The van der Waals surface area contributed by atoms with E-state index in [-0.39, 0.29) is 0 Å². The molecule has 0 fully saturated rings. The number of fused-ring (bicyclic) bond motifs is 1. The molecule has 1 aromatic carbocycles. The number of aromatic hydroxyl groups is 1. The predicted octanol–water partition coefficient (Wildman–Crippen LogP) is -0.101. The van der Waals surface area contributed by atoms with Crippen LogP contribution in [0.15, 0.2) is 18.2 Å². The molecule has 0 saturated carbocycles. The van der Waals surface area contributed by atoms with E-state index in [4.69, 9.17) is 4.65 Å². The fourth-order valence-corrected chi connectivity index (χ4v) is 1.19. The first-order chi connectivity index (χ1) is 4.88. The van der Waals surface area contributed by atoms with Gasteiger partial charge in [-0.2, -0.15) is 0 Å². The van der Waals surface area contributed by atoms with Crippen LogP contribution >= 0.6 is 0 Å². The fraction of sp³-hybridized carbons (Fsp3) is 0.143. The summed E-state index contributed by atoms with van der Waals surface area (Å²) in [5, 5.41) is 9.25. The van der Waals surface area contributed by atoms with Crippen molar-refractivity contribution in [2.24, 2.45) is 0 Å². The smallest absolute Gasteiger partial charge is 0.309 e. The number of hydrogen-bond donors (Lipinski definition) is 1. The van der Waals surface area contributed by atoms with E-state index in [1.165, 1.54) is 0 Å². The predicted molar refractivity (Wildman–Crippen MR) is 39.7 cm³/mol. The lowest BCUT2D eigenvalue weighted by Gasteiger charge is -1.97. The molecule has 0 saturated heterocycles. The normalized spacial score (nSPS) is 14.4. The van der Waals surface area contributed by atoms with Gasteiger partial charge in [-0.25, -0.2) is 0 Å². The molecule has 0 aliphatic carbocycles. The molecule has 0 unspecified atom stereocenters. The molecule has 0 spiro atoms. The standard InChI is InChI=1S/C7H7BO2/c9-7-3-1-2-6-5(7)4-10-8-6/h1-3,8-9H,4H2. The molecule has 0 amide bonds. The van der Waals surface area contributed by atoms with Crippen LogP contribution in [0, 0.1) is 0 Å². The van der Waals surface area contributed by atoms with Crippen molar-refractivity contribution in [1.82, 2.24) is 0 Å². The number of phenolic OH excluding ortho intramolecular Hbond substituents is 1. The number of hydrogen-bond acceptors (Lipinski definition) is 2. The van der Waals surface area contributed by atoms with Crippen molar-refractivity contribution in [3.63, 3.8) is 0 Å². The monoisotopic (exact) mass is 134 g/mol. The van der Waals surface area contributed by atoms with E-state index < -0.39 is 0 Å². The van der Waals surface area contributed by atoms with Gasteiger partial charge in [-0.1, -0.05) is 12.1 Å². The maximum Gasteiger partial charge on any atom is 0.309 e. The van der Waals surface area contributed by atoms with Crippen molar-refractivity contribution >= 4 is 12.9 Å². The van der Waals surface area contributed by atoms with Crippen LogP contribution < -0.4 is 5.46 Å². The van der Waals surface area contributed by atoms with Crippen LogP contribution in [0.25, 0.3) is 0 Å². The van der Waals surface area contributed by atoms with Crippen molar-refractivity contribution in [2.75, 3.05) is 0 Å². The molecular weight excluding hydrogens is 127 g/mol. The van der Waals surface area contributed by atoms with Gasteiger partial charge in [0.1, 0.15) is 5.75 Å². The van der Waals surface area contributed by atoms with E-state index in [1.807, 2.05) is 12.1 Å². The average molecular weight is 134 g/mol.